The summed E-state index contributed by atoms with van der Waals surface area (Å²) in [6, 6.07) is 5.88. The first-order valence-corrected chi connectivity index (χ1v) is 7.44. The van der Waals surface area contributed by atoms with Gasteiger partial charge in [0.25, 0.3) is 5.91 Å². The summed E-state index contributed by atoms with van der Waals surface area (Å²) in [7, 11) is 1.55. The van der Waals surface area contributed by atoms with Gasteiger partial charge in [-0.1, -0.05) is 12.1 Å². The second-order valence-corrected chi connectivity index (χ2v) is 5.55. The third-order valence-electron chi connectivity index (χ3n) is 3.70. The number of nitrogens with zero attached hydrogens (tertiary/aromatic N) is 1. The fraction of sp³-hybridized carbons (Fsp3) is 0.562. The third-order valence-corrected chi connectivity index (χ3v) is 3.70. The molecule has 0 aliphatic carbocycles. The Morgan fingerprint density at radius 2 is 2.04 bits per heavy atom. The van der Waals surface area contributed by atoms with Crippen molar-refractivity contribution < 1.29 is 27.4 Å². The summed E-state index contributed by atoms with van der Waals surface area (Å²) in [5.41, 5.74) is 1.09. The maximum Gasteiger partial charge on any atom is 0.406 e. The van der Waals surface area contributed by atoms with E-state index < -0.39 is 24.7 Å². The molecule has 0 unspecified atom stereocenters. The highest BCUT2D eigenvalue weighted by atomic mass is 19.4. The molecule has 0 radical (unpaired) electrons. The quantitative estimate of drug-likeness (QED) is 0.832. The topological polar surface area (TPSA) is 38.8 Å². The summed E-state index contributed by atoms with van der Waals surface area (Å²) < 4.78 is 48.8. The third kappa shape index (κ3) is 5.21. The van der Waals surface area contributed by atoms with E-state index in [1.165, 1.54) is 12.1 Å². The summed E-state index contributed by atoms with van der Waals surface area (Å²) in [4.78, 5) is 13.4. The lowest BCUT2D eigenvalue weighted by Gasteiger charge is -2.34. The lowest BCUT2D eigenvalue weighted by atomic mass is 10.1. The van der Waals surface area contributed by atoms with Crippen LogP contribution in [0.2, 0.25) is 0 Å². The van der Waals surface area contributed by atoms with Gasteiger partial charge in [-0.25, -0.2) is 0 Å². The van der Waals surface area contributed by atoms with E-state index in [0.717, 1.165) is 10.5 Å². The second kappa shape index (κ2) is 7.79. The zero-order chi connectivity index (χ0) is 16.9. The molecule has 2 rings (SSSR count). The Balaban J connectivity index is 2.17. The van der Waals surface area contributed by atoms with E-state index in [4.69, 9.17) is 9.47 Å². The molecule has 4 nitrogen and oxygen atoms in total. The molecule has 1 aromatic carbocycles. The maximum absolute atomic E-state index is 12.9. The van der Waals surface area contributed by atoms with Gasteiger partial charge >= 0.3 is 6.18 Å². The highest BCUT2D eigenvalue weighted by molar-refractivity contribution is 5.94. The molecular weight excluding hydrogens is 311 g/mol. The van der Waals surface area contributed by atoms with E-state index >= 15 is 0 Å². The number of carbonyl (C=O) groups is 1. The molecule has 1 aromatic rings. The lowest BCUT2D eigenvalue weighted by molar-refractivity contribution is -0.148. The summed E-state index contributed by atoms with van der Waals surface area (Å²) in [5, 5.41) is 0. The van der Waals surface area contributed by atoms with Crippen LogP contribution in [0, 0.1) is 0 Å². The van der Waals surface area contributed by atoms with Crippen molar-refractivity contribution in [2.24, 2.45) is 0 Å². The van der Waals surface area contributed by atoms with Crippen molar-refractivity contribution in [1.82, 2.24) is 4.90 Å². The van der Waals surface area contributed by atoms with Crippen LogP contribution in [-0.4, -0.2) is 49.9 Å². The molecule has 7 heteroatoms. The number of ether oxygens (including phenoxy) is 2. The Morgan fingerprint density at radius 1 is 1.35 bits per heavy atom. The molecule has 1 atom stereocenters. The monoisotopic (exact) mass is 331 g/mol. The summed E-state index contributed by atoms with van der Waals surface area (Å²) in [6.45, 7) is -0.212. The second-order valence-electron chi connectivity index (χ2n) is 5.55. The highest BCUT2D eigenvalue weighted by Gasteiger charge is 2.37. The van der Waals surface area contributed by atoms with E-state index in [2.05, 4.69) is 0 Å². The smallest absolute Gasteiger partial charge is 0.380 e. The number of hydrogen-bond donors (Lipinski definition) is 0. The van der Waals surface area contributed by atoms with Crippen LogP contribution in [0.5, 0.6) is 0 Å². The van der Waals surface area contributed by atoms with Gasteiger partial charge in [0, 0.05) is 19.3 Å². The molecule has 1 aliphatic rings. The van der Waals surface area contributed by atoms with Crippen molar-refractivity contribution in [3.63, 3.8) is 0 Å². The molecule has 0 spiro atoms. The largest absolute Gasteiger partial charge is 0.406 e. The van der Waals surface area contributed by atoms with Crippen LogP contribution in [0.15, 0.2) is 24.3 Å². The summed E-state index contributed by atoms with van der Waals surface area (Å²) in [5.74, 6) is -0.623. The Morgan fingerprint density at radius 3 is 2.57 bits per heavy atom. The molecule has 1 aliphatic heterocycles. The molecule has 23 heavy (non-hydrogen) atoms. The molecule has 128 valence electrons. The Labute approximate surface area is 133 Å². The maximum atomic E-state index is 12.9. The zero-order valence-corrected chi connectivity index (χ0v) is 12.9. The first-order chi connectivity index (χ1) is 10.9. The fourth-order valence-electron chi connectivity index (χ4n) is 2.61. The van der Waals surface area contributed by atoms with Gasteiger partial charge in [0.1, 0.15) is 6.54 Å². The van der Waals surface area contributed by atoms with Gasteiger partial charge in [0.2, 0.25) is 0 Å². The van der Waals surface area contributed by atoms with Crippen LogP contribution < -0.4 is 0 Å². The van der Waals surface area contributed by atoms with Crippen LogP contribution in [0.1, 0.15) is 28.8 Å². The minimum absolute atomic E-state index is 0.142. The number of alkyl halides is 3. The van der Waals surface area contributed by atoms with E-state index in [-0.39, 0.29) is 12.2 Å². The van der Waals surface area contributed by atoms with Crippen LogP contribution in [-0.2, 0) is 16.1 Å². The van der Waals surface area contributed by atoms with Gasteiger partial charge in [-0.15, -0.1) is 0 Å². The first kappa shape index (κ1) is 17.7. The highest BCUT2D eigenvalue weighted by Crippen LogP contribution is 2.23. The van der Waals surface area contributed by atoms with Gasteiger partial charge in [-0.2, -0.15) is 13.2 Å². The number of halogens is 3. The van der Waals surface area contributed by atoms with E-state index in [1.807, 2.05) is 0 Å². The molecule has 0 saturated carbocycles. The van der Waals surface area contributed by atoms with E-state index in [0.29, 0.717) is 26.1 Å². The Kier molecular flexibility index (Phi) is 6.01. The molecule has 1 amide bonds. The van der Waals surface area contributed by atoms with Crippen molar-refractivity contribution in [3.8, 4) is 0 Å². The van der Waals surface area contributed by atoms with E-state index in [9.17, 15) is 18.0 Å². The average molecular weight is 331 g/mol. The predicted molar refractivity (Wildman–Crippen MR) is 78.1 cm³/mol. The van der Waals surface area contributed by atoms with Crippen LogP contribution >= 0.6 is 0 Å². The standard InChI is InChI=1S/C16H20F3NO3/c1-22-9-12-4-6-13(7-5-12)15(21)20(11-16(17,18)19)14-3-2-8-23-10-14/h4-7,14H,2-3,8-11H2,1H3/t14-/m0/s1. The summed E-state index contributed by atoms with van der Waals surface area (Å²) >= 11 is 0. The predicted octanol–water partition coefficient (Wildman–Crippen LogP) is 3.02. The lowest BCUT2D eigenvalue weighted by Crippen LogP contribution is -2.49. The molecule has 1 fully saturated rings. The van der Waals surface area contributed by atoms with Crippen molar-refractivity contribution in [2.75, 3.05) is 26.9 Å². The number of methoxy groups -OCH3 is 1. The molecule has 0 N–H and O–H groups in total. The average Bonchev–Trinajstić information content (AvgIpc) is 2.53. The van der Waals surface area contributed by atoms with Crippen molar-refractivity contribution >= 4 is 5.91 Å². The summed E-state index contributed by atoms with van der Waals surface area (Å²) in [6.07, 6.45) is -3.27. The van der Waals surface area contributed by atoms with Gasteiger partial charge in [0.15, 0.2) is 0 Å². The number of hydrogen-bond acceptors (Lipinski definition) is 3. The number of rotatable bonds is 5. The Hall–Kier alpha value is -1.60. The van der Waals surface area contributed by atoms with Gasteiger partial charge < -0.3 is 14.4 Å². The minimum atomic E-state index is -4.44. The van der Waals surface area contributed by atoms with Gasteiger partial charge in [0.05, 0.1) is 19.3 Å². The van der Waals surface area contributed by atoms with Crippen LogP contribution in [0.25, 0.3) is 0 Å². The molecule has 1 saturated heterocycles. The SMILES string of the molecule is COCc1ccc(C(=O)N(CC(F)(F)F)[C@H]2CCCOC2)cc1. The number of benzene rings is 1. The van der Waals surface area contributed by atoms with Crippen molar-refractivity contribution in [1.29, 1.82) is 0 Å². The minimum Gasteiger partial charge on any atom is -0.380 e. The van der Waals surface area contributed by atoms with Gasteiger partial charge in [-0.05, 0) is 30.5 Å². The van der Waals surface area contributed by atoms with E-state index in [1.54, 1.807) is 19.2 Å². The normalized spacial score (nSPS) is 18.7. The van der Waals surface area contributed by atoms with Crippen molar-refractivity contribution in [3.05, 3.63) is 35.4 Å². The fourth-order valence-corrected chi connectivity index (χ4v) is 2.61. The van der Waals surface area contributed by atoms with Gasteiger partial charge in [-0.3, -0.25) is 4.79 Å². The Bertz CT molecular complexity index is 510. The molecule has 0 bridgehead atoms. The molecule has 0 aromatic heterocycles. The van der Waals surface area contributed by atoms with Crippen LogP contribution in [0.4, 0.5) is 13.2 Å². The van der Waals surface area contributed by atoms with Crippen LogP contribution in [0.3, 0.4) is 0 Å². The zero-order valence-electron chi connectivity index (χ0n) is 12.9. The molecule has 1 heterocycles. The molecular formula is C16H20F3NO3. The van der Waals surface area contributed by atoms with Crippen molar-refractivity contribution in [2.45, 2.75) is 31.7 Å². The number of carbonyl (C=O) groups excluding carboxylic acids is 1. The first-order valence-electron chi connectivity index (χ1n) is 7.44. The number of amides is 1.